The number of aliphatic hydroxyl groups is 1. The third-order valence-electron chi connectivity index (χ3n) is 3.08. The Morgan fingerprint density at radius 2 is 2.06 bits per heavy atom. The lowest BCUT2D eigenvalue weighted by atomic mass is 10.0. The first-order valence-electron chi connectivity index (χ1n) is 5.92. The topological polar surface area (TPSA) is 49.3 Å². The van der Waals surface area contributed by atoms with Crippen LogP contribution in [0.15, 0.2) is 18.2 Å². The third-order valence-corrected chi connectivity index (χ3v) is 3.08. The van der Waals surface area contributed by atoms with Crippen LogP contribution in [0.3, 0.4) is 0 Å². The molecule has 2 atom stereocenters. The van der Waals surface area contributed by atoms with E-state index in [1.807, 2.05) is 0 Å². The molecule has 0 heterocycles. The Bertz CT molecular complexity index is 460. The van der Waals surface area contributed by atoms with Gasteiger partial charge in [0.05, 0.1) is 12.1 Å². The molecule has 1 aliphatic carbocycles. The molecule has 18 heavy (non-hydrogen) atoms. The van der Waals surface area contributed by atoms with Gasteiger partial charge in [0.1, 0.15) is 0 Å². The smallest absolute Gasteiger partial charge is 0.223 e. The maximum absolute atomic E-state index is 13.0. The number of halogens is 2. The van der Waals surface area contributed by atoms with E-state index in [4.69, 9.17) is 0 Å². The summed E-state index contributed by atoms with van der Waals surface area (Å²) in [5.41, 5.74) is 0.248. The molecule has 1 fully saturated rings. The largest absolute Gasteiger partial charge is 0.386 e. The van der Waals surface area contributed by atoms with E-state index in [1.165, 1.54) is 6.07 Å². The quantitative estimate of drug-likeness (QED) is 0.863. The van der Waals surface area contributed by atoms with Gasteiger partial charge >= 0.3 is 0 Å². The van der Waals surface area contributed by atoms with Crippen LogP contribution in [0, 0.1) is 17.6 Å². The molecule has 2 N–H and O–H groups in total. The van der Waals surface area contributed by atoms with Crippen molar-refractivity contribution in [2.45, 2.75) is 31.9 Å². The highest BCUT2D eigenvalue weighted by Crippen LogP contribution is 2.29. The van der Waals surface area contributed by atoms with E-state index in [1.54, 1.807) is 6.92 Å². The molecule has 0 spiro atoms. The van der Waals surface area contributed by atoms with Crippen molar-refractivity contribution in [3.05, 3.63) is 35.4 Å². The van der Waals surface area contributed by atoms with Crippen molar-refractivity contribution in [2.24, 2.45) is 5.92 Å². The average molecular weight is 255 g/mol. The fourth-order valence-corrected chi connectivity index (χ4v) is 1.75. The zero-order chi connectivity index (χ0) is 13.3. The zero-order valence-electron chi connectivity index (χ0n) is 9.99. The molecule has 3 nitrogen and oxygen atoms in total. The summed E-state index contributed by atoms with van der Waals surface area (Å²) in [4.78, 5) is 11.5. The normalized spacial score (nSPS) is 18.2. The van der Waals surface area contributed by atoms with Crippen LogP contribution in [0.4, 0.5) is 8.78 Å². The average Bonchev–Trinajstić information content (AvgIpc) is 3.15. The molecule has 0 aliphatic heterocycles. The summed E-state index contributed by atoms with van der Waals surface area (Å²) >= 11 is 0. The molecule has 0 bridgehead atoms. The summed E-state index contributed by atoms with van der Waals surface area (Å²) in [5, 5.41) is 12.6. The van der Waals surface area contributed by atoms with Crippen molar-refractivity contribution in [3.8, 4) is 0 Å². The van der Waals surface area contributed by atoms with Crippen molar-refractivity contribution in [2.75, 3.05) is 0 Å². The molecule has 1 amide bonds. The summed E-state index contributed by atoms with van der Waals surface area (Å²) < 4.78 is 25.8. The van der Waals surface area contributed by atoms with E-state index in [2.05, 4.69) is 5.32 Å². The summed E-state index contributed by atoms with van der Waals surface area (Å²) in [5.74, 6) is -2.01. The van der Waals surface area contributed by atoms with Gasteiger partial charge in [-0.3, -0.25) is 4.79 Å². The highest BCUT2D eigenvalue weighted by Gasteiger charge is 2.31. The summed E-state index contributed by atoms with van der Waals surface area (Å²) in [7, 11) is 0. The second kappa shape index (κ2) is 5.02. The van der Waals surface area contributed by atoms with E-state index < -0.39 is 23.8 Å². The van der Waals surface area contributed by atoms with Gasteiger partial charge in [-0.2, -0.15) is 0 Å². The van der Waals surface area contributed by atoms with E-state index >= 15 is 0 Å². The Hall–Kier alpha value is -1.49. The Morgan fingerprint density at radius 1 is 1.39 bits per heavy atom. The molecule has 0 aromatic heterocycles. The molecule has 1 aliphatic rings. The number of nitrogens with one attached hydrogen (secondary N) is 1. The number of hydrogen-bond donors (Lipinski definition) is 2. The number of hydrogen-bond acceptors (Lipinski definition) is 2. The molecular formula is C13H15F2NO2. The SMILES string of the molecule is CC(NC(=O)C1CC1)C(O)c1ccc(F)c(F)c1. The standard InChI is InChI=1S/C13H15F2NO2/c1-7(16-13(18)8-2-3-8)12(17)9-4-5-10(14)11(15)6-9/h4-8,12,17H,2-3H2,1H3,(H,16,18). The van der Waals surface area contributed by atoms with Crippen LogP contribution in [0.2, 0.25) is 0 Å². The van der Waals surface area contributed by atoms with Crippen molar-refractivity contribution < 1.29 is 18.7 Å². The van der Waals surface area contributed by atoms with Crippen LogP contribution in [0.1, 0.15) is 31.4 Å². The van der Waals surface area contributed by atoms with Crippen molar-refractivity contribution in [1.29, 1.82) is 0 Å². The van der Waals surface area contributed by atoms with Gasteiger partial charge in [0.15, 0.2) is 11.6 Å². The first-order chi connectivity index (χ1) is 8.49. The van der Waals surface area contributed by atoms with Crippen LogP contribution in [0.25, 0.3) is 0 Å². The molecule has 5 heteroatoms. The Balaban J connectivity index is 2.02. The minimum Gasteiger partial charge on any atom is -0.386 e. The monoisotopic (exact) mass is 255 g/mol. The molecule has 98 valence electrons. The van der Waals surface area contributed by atoms with E-state index in [-0.39, 0.29) is 17.4 Å². The second-order valence-electron chi connectivity index (χ2n) is 4.69. The third kappa shape index (κ3) is 2.85. The number of carbonyl (C=O) groups excluding carboxylic acids is 1. The minimum absolute atomic E-state index is 0.0459. The van der Waals surface area contributed by atoms with Crippen LogP contribution in [0.5, 0.6) is 0 Å². The Morgan fingerprint density at radius 3 is 2.61 bits per heavy atom. The number of aliphatic hydroxyl groups excluding tert-OH is 1. The number of rotatable bonds is 4. The Kier molecular flexibility index (Phi) is 3.61. The fraction of sp³-hybridized carbons (Fsp3) is 0.462. The van der Waals surface area contributed by atoms with Crippen LogP contribution >= 0.6 is 0 Å². The summed E-state index contributed by atoms with van der Waals surface area (Å²) in [6, 6.07) is 2.68. The Labute approximate surface area is 104 Å². The highest BCUT2D eigenvalue weighted by molar-refractivity contribution is 5.81. The molecular weight excluding hydrogens is 240 g/mol. The molecule has 1 aromatic rings. The molecule has 2 rings (SSSR count). The predicted octanol–water partition coefficient (Wildman–Crippen LogP) is 1.91. The van der Waals surface area contributed by atoms with Gasteiger partial charge in [-0.1, -0.05) is 6.07 Å². The molecule has 1 saturated carbocycles. The van der Waals surface area contributed by atoms with E-state index in [0.29, 0.717) is 0 Å². The summed E-state index contributed by atoms with van der Waals surface area (Å²) in [6.45, 7) is 1.63. The van der Waals surface area contributed by atoms with E-state index in [0.717, 1.165) is 25.0 Å². The van der Waals surface area contributed by atoms with Gasteiger partial charge in [0, 0.05) is 5.92 Å². The molecule has 0 saturated heterocycles. The van der Waals surface area contributed by atoms with Gasteiger partial charge < -0.3 is 10.4 Å². The van der Waals surface area contributed by atoms with Gasteiger partial charge in [-0.05, 0) is 37.5 Å². The predicted molar refractivity (Wildman–Crippen MR) is 61.6 cm³/mol. The summed E-state index contributed by atoms with van der Waals surface area (Å²) in [6.07, 6.45) is 0.697. The molecule has 1 aromatic carbocycles. The minimum atomic E-state index is -1.05. The van der Waals surface area contributed by atoms with Crippen molar-refractivity contribution in [3.63, 3.8) is 0 Å². The van der Waals surface area contributed by atoms with Crippen LogP contribution in [-0.4, -0.2) is 17.1 Å². The lowest BCUT2D eigenvalue weighted by Gasteiger charge is -2.20. The van der Waals surface area contributed by atoms with Gasteiger partial charge in [0.2, 0.25) is 5.91 Å². The second-order valence-corrected chi connectivity index (χ2v) is 4.69. The van der Waals surface area contributed by atoms with Gasteiger partial charge in [-0.25, -0.2) is 8.78 Å². The van der Waals surface area contributed by atoms with Crippen LogP contribution in [-0.2, 0) is 4.79 Å². The maximum atomic E-state index is 13.0. The van der Waals surface area contributed by atoms with E-state index in [9.17, 15) is 18.7 Å². The first kappa shape index (κ1) is 13.0. The number of carbonyl (C=O) groups is 1. The first-order valence-corrected chi connectivity index (χ1v) is 5.92. The van der Waals surface area contributed by atoms with Crippen LogP contribution < -0.4 is 5.32 Å². The maximum Gasteiger partial charge on any atom is 0.223 e. The fourth-order valence-electron chi connectivity index (χ4n) is 1.75. The van der Waals surface area contributed by atoms with Crippen molar-refractivity contribution >= 4 is 5.91 Å². The van der Waals surface area contributed by atoms with Crippen molar-refractivity contribution in [1.82, 2.24) is 5.32 Å². The zero-order valence-corrected chi connectivity index (χ0v) is 9.99. The van der Waals surface area contributed by atoms with Gasteiger partial charge in [0.25, 0.3) is 0 Å². The lowest BCUT2D eigenvalue weighted by molar-refractivity contribution is -0.123. The molecule has 2 unspecified atom stereocenters. The molecule has 0 radical (unpaired) electrons. The lowest BCUT2D eigenvalue weighted by Crippen LogP contribution is -2.37. The van der Waals surface area contributed by atoms with Gasteiger partial charge in [-0.15, -0.1) is 0 Å². The highest BCUT2D eigenvalue weighted by atomic mass is 19.2. The number of benzene rings is 1. The number of amides is 1.